The van der Waals surface area contributed by atoms with Crippen molar-refractivity contribution in [2.75, 3.05) is 10.6 Å². The molecular weight excluding hydrogens is 462 g/mol. The van der Waals surface area contributed by atoms with Crippen LogP contribution < -0.4 is 10.6 Å². The van der Waals surface area contributed by atoms with E-state index < -0.39 is 0 Å². The molecule has 0 atom stereocenters. The van der Waals surface area contributed by atoms with Crippen molar-refractivity contribution >= 4 is 45.4 Å². The zero-order valence-electron chi connectivity index (χ0n) is 19.2. The van der Waals surface area contributed by atoms with Gasteiger partial charge in [0.2, 0.25) is 0 Å². The zero-order chi connectivity index (χ0) is 23.8. The van der Waals surface area contributed by atoms with E-state index in [1.165, 1.54) is 42.6 Å². The van der Waals surface area contributed by atoms with Gasteiger partial charge in [0.1, 0.15) is 0 Å². The predicted molar refractivity (Wildman–Crippen MR) is 145 cm³/mol. The Morgan fingerprint density at radius 1 is 0.941 bits per heavy atom. The molecule has 0 unspecified atom stereocenters. The fourth-order valence-electron chi connectivity index (χ4n) is 3.69. The summed E-state index contributed by atoms with van der Waals surface area (Å²) in [6.45, 7) is 2.22. The van der Waals surface area contributed by atoms with Crippen molar-refractivity contribution in [2.45, 2.75) is 39.0 Å². The lowest BCUT2D eigenvalue weighted by Gasteiger charge is -2.08. The van der Waals surface area contributed by atoms with Gasteiger partial charge >= 0.3 is 0 Å². The highest BCUT2D eigenvalue weighted by Crippen LogP contribution is 2.29. The molecule has 0 bridgehead atoms. The molecule has 1 amide bonds. The first-order chi connectivity index (χ1) is 16.6. The minimum absolute atomic E-state index is 0.115. The molecule has 4 aromatic rings. The minimum Gasteiger partial charge on any atom is -0.331 e. The summed E-state index contributed by atoms with van der Waals surface area (Å²) >= 11 is 7.58. The fraction of sp³-hybridized carbons (Fsp3) is 0.214. The van der Waals surface area contributed by atoms with Crippen LogP contribution in [0.1, 0.15) is 48.5 Å². The molecule has 174 valence electrons. The fourth-order valence-corrected chi connectivity index (χ4v) is 4.62. The number of nitrogens with zero attached hydrogens (tertiary/aromatic N) is 1. The Balaban J connectivity index is 1.38. The molecule has 6 heteroatoms. The van der Waals surface area contributed by atoms with Gasteiger partial charge in [-0.25, -0.2) is 4.98 Å². The van der Waals surface area contributed by atoms with Gasteiger partial charge in [-0.05, 0) is 60.9 Å². The lowest BCUT2D eigenvalue weighted by molar-refractivity contribution is 0.102. The average molecular weight is 490 g/mol. The van der Waals surface area contributed by atoms with E-state index in [2.05, 4.69) is 34.7 Å². The first kappa shape index (κ1) is 24.0. The van der Waals surface area contributed by atoms with Crippen LogP contribution in [0.5, 0.6) is 0 Å². The quantitative estimate of drug-likeness (QED) is 0.219. The van der Waals surface area contributed by atoms with Crippen molar-refractivity contribution in [1.82, 2.24) is 4.98 Å². The van der Waals surface area contributed by atoms with Gasteiger partial charge in [-0.2, -0.15) is 0 Å². The van der Waals surface area contributed by atoms with Crippen molar-refractivity contribution < 1.29 is 4.79 Å². The van der Waals surface area contributed by atoms with Crippen LogP contribution in [0.25, 0.3) is 11.3 Å². The van der Waals surface area contributed by atoms with Gasteiger partial charge < -0.3 is 10.6 Å². The summed E-state index contributed by atoms with van der Waals surface area (Å²) in [7, 11) is 0. The number of thiazole rings is 1. The Kier molecular flexibility index (Phi) is 8.34. The predicted octanol–water partition coefficient (Wildman–Crippen LogP) is 8.58. The van der Waals surface area contributed by atoms with Crippen LogP contribution in [0.15, 0.2) is 78.2 Å². The second-order valence-electron chi connectivity index (χ2n) is 8.22. The van der Waals surface area contributed by atoms with E-state index in [0.717, 1.165) is 34.2 Å². The summed E-state index contributed by atoms with van der Waals surface area (Å²) in [6.07, 6.45) is 6.03. The first-order valence-electron chi connectivity index (χ1n) is 11.6. The van der Waals surface area contributed by atoms with Crippen molar-refractivity contribution in [3.8, 4) is 11.3 Å². The smallest absolute Gasteiger partial charge is 0.255 e. The number of aromatic nitrogens is 1. The van der Waals surface area contributed by atoms with Crippen LogP contribution in [0.4, 0.5) is 16.5 Å². The number of amides is 1. The molecule has 1 aromatic heterocycles. The number of benzene rings is 3. The van der Waals surface area contributed by atoms with Crippen LogP contribution in [-0.4, -0.2) is 10.9 Å². The maximum Gasteiger partial charge on any atom is 0.255 e. The third-order valence-electron chi connectivity index (χ3n) is 5.53. The molecule has 0 saturated heterocycles. The molecule has 0 radical (unpaired) electrons. The number of unbranched alkanes of at least 4 members (excludes halogenated alkanes) is 3. The lowest BCUT2D eigenvalue weighted by atomic mass is 10.0. The third kappa shape index (κ3) is 6.69. The second-order valence-corrected chi connectivity index (χ2v) is 9.51. The number of nitrogens with one attached hydrogen (secondary N) is 2. The molecule has 0 aliphatic rings. The van der Waals surface area contributed by atoms with E-state index in [-0.39, 0.29) is 5.91 Å². The molecular formula is C28H28ClN3OS. The maximum atomic E-state index is 12.8. The van der Waals surface area contributed by atoms with Gasteiger partial charge in [-0.3, -0.25) is 4.79 Å². The molecule has 0 spiro atoms. The van der Waals surface area contributed by atoms with E-state index in [1.807, 2.05) is 66.0 Å². The largest absolute Gasteiger partial charge is 0.331 e. The number of hydrogen-bond donors (Lipinski definition) is 2. The Hall–Kier alpha value is -3.15. The minimum atomic E-state index is -0.115. The highest BCUT2D eigenvalue weighted by molar-refractivity contribution is 7.14. The molecule has 4 nitrogen and oxygen atoms in total. The molecule has 0 aliphatic carbocycles. The Morgan fingerprint density at radius 3 is 2.53 bits per heavy atom. The molecule has 0 aliphatic heterocycles. The first-order valence-corrected chi connectivity index (χ1v) is 12.9. The highest BCUT2D eigenvalue weighted by Gasteiger charge is 2.09. The number of carbonyl (C=O) groups is 1. The third-order valence-corrected chi connectivity index (χ3v) is 6.52. The van der Waals surface area contributed by atoms with Crippen molar-refractivity contribution in [3.05, 3.63) is 94.3 Å². The molecule has 3 aromatic carbocycles. The van der Waals surface area contributed by atoms with Gasteiger partial charge in [0.05, 0.1) is 5.69 Å². The van der Waals surface area contributed by atoms with Gasteiger partial charge in [0.15, 0.2) is 5.13 Å². The average Bonchev–Trinajstić information content (AvgIpc) is 3.31. The normalized spacial score (nSPS) is 10.8. The van der Waals surface area contributed by atoms with Crippen molar-refractivity contribution in [1.29, 1.82) is 0 Å². The van der Waals surface area contributed by atoms with Gasteiger partial charge in [0, 0.05) is 32.9 Å². The van der Waals surface area contributed by atoms with Gasteiger partial charge in [-0.1, -0.05) is 68.1 Å². The maximum absolute atomic E-state index is 12.8. The summed E-state index contributed by atoms with van der Waals surface area (Å²) in [5, 5.41) is 9.73. The van der Waals surface area contributed by atoms with E-state index in [1.54, 1.807) is 0 Å². The molecule has 4 rings (SSSR count). The highest BCUT2D eigenvalue weighted by atomic mass is 35.5. The monoisotopic (exact) mass is 489 g/mol. The molecule has 0 fully saturated rings. The number of rotatable bonds is 10. The molecule has 1 heterocycles. The SMILES string of the molecule is CCCCCCc1ccc(C(=O)Nc2cccc(-c3csc(Nc4cccc(Cl)c4)n3)c2)cc1. The van der Waals surface area contributed by atoms with Crippen LogP contribution in [-0.2, 0) is 6.42 Å². The molecule has 34 heavy (non-hydrogen) atoms. The summed E-state index contributed by atoms with van der Waals surface area (Å²) in [6, 6.07) is 23.2. The molecule has 2 N–H and O–H groups in total. The van der Waals surface area contributed by atoms with Gasteiger partial charge in [-0.15, -0.1) is 11.3 Å². The van der Waals surface area contributed by atoms with E-state index in [9.17, 15) is 4.79 Å². The van der Waals surface area contributed by atoms with Crippen molar-refractivity contribution in [2.24, 2.45) is 0 Å². The van der Waals surface area contributed by atoms with Crippen LogP contribution in [0, 0.1) is 0 Å². The number of aryl methyl sites for hydroxylation is 1. The summed E-state index contributed by atoms with van der Waals surface area (Å²) in [4.78, 5) is 17.4. The topological polar surface area (TPSA) is 54.0 Å². The summed E-state index contributed by atoms with van der Waals surface area (Å²) in [5.74, 6) is -0.115. The van der Waals surface area contributed by atoms with Gasteiger partial charge in [0.25, 0.3) is 5.91 Å². The number of carbonyl (C=O) groups excluding carboxylic acids is 1. The van der Waals surface area contributed by atoms with E-state index in [0.29, 0.717) is 10.6 Å². The summed E-state index contributed by atoms with van der Waals surface area (Å²) in [5.41, 5.74) is 5.35. The van der Waals surface area contributed by atoms with E-state index >= 15 is 0 Å². The Morgan fingerprint density at radius 2 is 1.74 bits per heavy atom. The lowest BCUT2D eigenvalue weighted by Crippen LogP contribution is -2.11. The van der Waals surface area contributed by atoms with Crippen LogP contribution in [0.2, 0.25) is 5.02 Å². The zero-order valence-corrected chi connectivity index (χ0v) is 20.8. The number of anilines is 3. The summed E-state index contributed by atoms with van der Waals surface area (Å²) < 4.78 is 0. The molecule has 0 saturated carbocycles. The van der Waals surface area contributed by atoms with Crippen LogP contribution in [0.3, 0.4) is 0 Å². The van der Waals surface area contributed by atoms with Crippen LogP contribution >= 0.6 is 22.9 Å². The number of hydrogen-bond acceptors (Lipinski definition) is 4. The van der Waals surface area contributed by atoms with E-state index in [4.69, 9.17) is 11.6 Å². The second kappa shape index (κ2) is 11.8. The Labute approximate surface area is 210 Å². The standard InChI is InChI=1S/C28H28ClN3OS/c1-2-3-4-5-8-20-13-15-21(16-14-20)27(33)30-24-11-6-9-22(17-24)26-19-34-28(32-26)31-25-12-7-10-23(29)18-25/h6-7,9-19H,2-5,8H2,1H3,(H,30,33)(H,31,32). The Bertz CT molecular complexity index is 1240. The number of halogens is 1. The van der Waals surface area contributed by atoms with Crippen molar-refractivity contribution in [3.63, 3.8) is 0 Å².